The Morgan fingerprint density at radius 2 is 1.45 bits per heavy atom. The molecular weight excluding hydrogens is 360 g/mol. The van der Waals surface area contributed by atoms with Crippen LogP contribution in [0.25, 0.3) is 0 Å². The Labute approximate surface area is 175 Å². The molecule has 0 radical (unpaired) electrons. The number of carbonyl (C=O) groups is 1. The van der Waals surface area contributed by atoms with Gasteiger partial charge in [-0.2, -0.15) is 0 Å². The van der Waals surface area contributed by atoms with E-state index in [0.717, 1.165) is 31.1 Å². The molecule has 0 saturated carbocycles. The van der Waals surface area contributed by atoms with Crippen molar-refractivity contribution in [2.45, 2.75) is 65.0 Å². The number of unbranched alkanes of at least 4 members (excludes halogenated alkanes) is 1. The van der Waals surface area contributed by atoms with Crippen molar-refractivity contribution in [2.75, 3.05) is 0 Å². The third-order valence-corrected chi connectivity index (χ3v) is 4.89. The van der Waals surface area contributed by atoms with Crippen molar-refractivity contribution in [1.82, 2.24) is 0 Å². The normalized spacial score (nSPS) is 13.6. The third-order valence-electron chi connectivity index (χ3n) is 4.89. The quantitative estimate of drug-likeness (QED) is 0.220. The summed E-state index contributed by atoms with van der Waals surface area (Å²) < 4.78 is 12.3. The molecule has 2 rings (SSSR count). The second kappa shape index (κ2) is 13.9. The second-order valence-electron chi connectivity index (χ2n) is 7.68. The Kier molecular flexibility index (Phi) is 11.0. The predicted octanol–water partition coefficient (Wildman–Crippen LogP) is 6.13. The molecule has 3 nitrogen and oxygen atoms in total. The van der Waals surface area contributed by atoms with Crippen LogP contribution in [-0.2, 0) is 27.5 Å². The first-order valence-corrected chi connectivity index (χ1v) is 10.6. The van der Waals surface area contributed by atoms with Crippen LogP contribution in [0.1, 0.15) is 50.7 Å². The van der Waals surface area contributed by atoms with E-state index in [4.69, 9.17) is 9.47 Å². The minimum absolute atomic E-state index is 0.0112. The van der Waals surface area contributed by atoms with Crippen LogP contribution in [0.5, 0.6) is 0 Å². The first kappa shape index (κ1) is 23.1. The van der Waals surface area contributed by atoms with Crippen molar-refractivity contribution in [3.8, 4) is 0 Å². The number of hydrogen-bond donors (Lipinski definition) is 0. The Bertz CT molecular complexity index is 694. The molecular formula is C26H34O3. The van der Waals surface area contributed by atoms with E-state index in [1.807, 2.05) is 36.4 Å². The van der Waals surface area contributed by atoms with Gasteiger partial charge in [-0.05, 0) is 36.3 Å². The monoisotopic (exact) mass is 394 g/mol. The molecule has 2 atom stereocenters. The highest BCUT2D eigenvalue weighted by Crippen LogP contribution is 2.16. The number of carbonyl (C=O) groups excluding carboxylic acids is 1. The smallest absolute Gasteiger partial charge is 0.119 e. The van der Waals surface area contributed by atoms with Gasteiger partial charge in [-0.1, -0.05) is 86.7 Å². The number of hydrogen-bond acceptors (Lipinski definition) is 3. The molecule has 0 bridgehead atoms. The van der Waals surface area contributed by atoms with Gasteiger partial charge in [0.1, 0.15) is 6.29 Å². The molecule has 3 heteroatoms. The third kappa shape index (κ3) is 9.69. The molecule has 0 saturated heterocycles. The Balaban J connectivity index is 1.87. The van der Waals surface area contributed by atoms with Crippen molar-refractivity contribution in [1.29, 1.82) is 0 Å². The van der Waals surface area contributed by atoms with E-state index in [1.165, 1.54) is 5.56 Å². The zero-order valence-corrected chi connectivity index (χ0v) is 17.7. The Morgan fingerprint density at radius 1 is 0.862 bits per heavy atom. The molecule has 29 heavy (non-hydrogen) atoms. The summed E-state index contributed by atoms with van der Waals surface area (Å²) in [6.07, 6.45) is 8.57. The average Bonchev–Trinajstić information content (AvgIpc) is 2.75. The maximum Gasteiger partial charge on any atom is 0.119 e. The van der Waals surface area contributed by atoms with Gasteiger partial charge in [-0.25, -0.2) is 0 Å². The number of rotatable bonds is 14. The number of ether oxygens (including phenoxy) is 2. The zero-order chi connectivity index (χ0) is 20.7. The molecule has 0 unspecified atom stereocenters. The van der Waals surface area contributed by atoms with Gasteiger partial charge in [0.25, 0.3) is 0 Å². The topological polar surface area (TPSA) is 35.5 Å². The van der Waals surface area contributed by atoms with Crippen molar-refractivity contribution < 1.29 is 14.3 Å². The van der Waals surface area contributed by atoms with Gasteiger partial charge in [0.15, 0.2) is 0 Å². The summed E-state index contributed by atoms with van der Waals surface area (Å²) in [7, 11) is 0. The summed E-state index contributed by atoms with van der Waals surface area (Å²) in [5.41, 5.74) is 2.35. The molecule has 0 aromatic heterocycles. The summed E-state index contributed by atoms with van der Waals surface area (Å²) in [6.45, 7) is 5.59. The molecule has 0 aliphatic heterocycles. The van der Waals surface area contributed by atoms with Gasteiger partial charge in [0, 0.05) is 6.42 Å². The van der Waals surface area contributed by atoms with Gasteiger partial charge in [0.05, 0.1) is 25.4 Å². The maximum absolute atomic E-state index is 10.7. The summed E-state index contributed by atoms with van der Waals surface area (Å²) in [5.74, 6) is 0.433. The summed E-state index contributed by atoms with van der Waals surface area (Å²) in [4.78, 5) is 10.7. The summed E-state index contributed by atoms with van der Waals surface area (Å²) in [6, 6.07) is 20.5. The first-order valence-electron chi connectivity index (χ1n) is 10.6. The van der Waals surface area contributed by atoms with Gasteiger partial charge >= 0.3 is 0 Å². The van der Waals surface area contributed by atoms with Crippen molar-refractivity contribution in [3.05, 3.63) is 83.9 Å². The minimum atomic E-state index is 0.0112. The lowest BCUT2D eigenvalue weighted by Gasteiger charge is -2.21. The van der Waals surface area contributed by atoms with Crippen LogP contribution in [0.2, 0.25) is 0 Å². The fraction of sp³-hybridized carbons (Fsp3) is 0.423. The standard InChI is InChI=1S/C26H34O3/c1-22(2)26(29-21-24-14-7-4-8-15-24)18-11-17-25(16-9-10-19-27)28-20-23-12-5-3-6-13-23/h3-8,11-15,17,19,22,25-26H,9-10,16,18,20-21H2,1-2H3/b17-11-/t25-,26+/m1/s1. The fourth-order valence-corrected chi connectivity index (χ4v) is 3.09. The molecule has 2 aromatic carbocycles. The second-order valence-corrected chi connectivity index (χ2v) is 7.68. The Morgan fingerprint density at radius 3 is 2.00 bits per heavy atom. The number of benzene rings is 2. The highest BCUT2D eigenvalue weighted by molar-refractivity contribution is 5.48. The van der Waals surface area contributed by atoms with E-state index in [2.05, 4.69) is 50.3 Å². The van der Waals surface area contributed by atoms with Crippen molar-refractivity contribution in [3.63, 3.8) is 0 Å². The highest BCUT2D eigenvalue weighted by Gasteiger charge is 2.13. The predicted molar refractivity (Wildman–Crippen MR) is 119 cm³/mol. The van der Waals surface area contributed by atoms with Gasteiger partial charge in [0.2, 0.25) is 0 Å². The van der Waals surface area contributed by atoms with E-state index >= 15 is 0 Å². The molecule has 156 valence electrons. The van der Waals surface area contributed by atoms with Crippen LogP contribution in [0.15, 0.2) is 72.8 Å². The molecule has 2 aromatic rings. The van der Waals surface area contributed by atoms with E-state index in [-0.39, 0.29) is 12.2 Å². The molecule has 0 fully saturated rings. The van der Waals surface area contributed by atoms with Crippen LogP contribution in [-0.4, -0.2) is 18.5 Å². The molecule has 0 N–H and O–H groups in total. The van der Waals surface area contributed by atoms with Gasteiger partial charge in [-0.3, -0.25) is 0 Å². The maximum atomic E-state index is 10.7. The minimum Gasteiger partial charge on any atom is -0.373 e. The van der Waals surface area contributed by atoms with Gasteiger partial charge < -0.3 is 14.3 Å². The lowest BCUT2D eigenvalue weighted by Crippen LogP contribution is -2.19. The van der Waals surface area contributed by atoms with Crippen LogP contribution < -0.4 is 0 Å². The van der Waals surface area contributed by atoms with E-state index in [0.29, 0.717) is 25.6 Å². The first-order chi connectivity index (χ1) is 14.2. The molecule has 0 amide bonds. The largest absolute Gasteiger partial charge is 0.373 e. The lowest BCUT2D eigenvalue weighted by atomic mass is 10.0. The van der Waals surface area contributed by atoms with Crippen LogP contribution in [0.4, 0.5) is 0 Å². The average molecular weight is 395 g/mol. The van der Waals surface area contributed by atoms with E-state index < -0.39 is 0 Å². The van der Waals surface area contributed by atoms with Gasteiger partial charge in [-0.15, -0.1) is 0 Å². The van der Waals surface area contributed by atoms with Crippen LogP contribution in [0, 0.1) is 5.92 Å². The van der Waals surface area contributed by atoms with E-state index in [1.54, 1.807) is 0 Å². The molecule has 0 aliphatic carbocycles. The lowest BCUT2D eigenvalue weighted by molar-refractivity contribution is -0.108. The highest BCUT2D eigenvalue weighted by atomic mass is 16.5. The summed E-state index contributed by atoms with van der Waals surface area (Å²) in [5, 5.41) is 0. The van der Waals surface area contributed by atoms with Crippen LogP contribution >= 0.6 is 0 Å². The molecule has 0 heterocycles. The van der Waals surface area contributed by atoms with E-state index in [9.17, 15) is 4.79 Å². The van der Waals surface area contributed by atoms with Crippen molar-refractivity contribution >= 4 is 6.29 Å². The summed E-state index contributed by atoms with van der Waals surface area (Å²) >= 11 is 0. The Hall–Kier alpha value is -2.23. The SMILES string of the molecule is CC(C)[C@H](C/C=C\[C@@H](CCCC=O)OCc1ccccc1)OCc1ccccc1. The van der Waals surface area contributed by atoms with Crippen molar-refractivity contribution in [2.24, 2.45) is 5.92 Å². The molecule has 0 aliphatic rings. The fourth-order valence-electron chi connectivity index (χ4n) is 3.09. The number of aldehydes is 1. The zero-order valence-electron chi connectivity index (χ0n) is 17.7. The van der Waals surface area contributed by atoms with Crippen LogP contribution in [0.3, 0.4) is 0 Å². The molecule has 0 spiro atoms.